The third-order valence-electron chi connectivity index (χ3n) is 4.95. The Balaban J connectivity index is 1.26. The zero-order valence-corrected chi connectivity index (χ0v) is 17.1. The lowest BCUT2D eigenvalue weighted by atomic mass is 10.1. The number of amides is 1. The van der Waals surface area contributed by atoms with Crippen LogP contribution in [-0.2, 0) is 20.3 Å². The first kappa shape index (κ1) is 18.4. The highest BCUT2D eigenvalue weighted by Gasteiger charge is 2.22. The molecule has 5 rings (SSSR count). The number of fused-ring (bicyclic) bond motifs is 3. The van der Waals surface area contributed by atoms with Gasteiger partial charge in [-0.2, -0.15) is 0 Å². The number of nitrogens with one attached hydrogen (secondary N) is 1. The van der Waals surface area contributed by atoms with E-state index in [1.165, 1.54) is 11.3 Å². The molecular weight excluding hydrogens is 398 g/mol. The zero-order valence-electron chi connectivity index (χ0n) is 16.3. The molecule has 7 heteroatoms. The molecule has 0 fully saturated rings. The highest BCUT2D eigenvalue weighted by Crippen LogP contribution is 2.42. The number of rotatable bonds is 5. The summed E-state index contributed by atoms with van der Waals surface area (Å²) < 4.78 is 13.5. The van der Waals surface area contributed by atoms with Crippen LogP contribution in [0, 0.1) is 0 Å². The third-order valence-corrected chi connectivity index (χ3v) is 6.16. The molecule has 1 aliphatic rings. The highest BCUT2D eigenvalue weighted by atomic mass is 32.1. The molecule has 2 aromatic carbocycles. The van der Waals surface area contributed by atoms with Gasteiger partial charge >= 0.3 is 0 Å². The second-order valence-electron chi connectivity index (χ2n) is 6.97. The second-order valence-corrected chi connectivity index (χ2v) is 8.02. The number of hydrogen-bond donors (Lipinski definition) is 1. The Morgan fingerprint density at radius 1 is 1.23 bits per heavy atom. The van der Waals surface area contributed by atoms with Crippen molar-refractivity contribution < 1.29 is 14.3 Å². The van der Waals surface area contributed by atoms with E-state index in [2.05, 4.69) is 10.3 Å². The van der Waals surface area contributed by atoms with Gasteiger partial charge in [0.05, 0.1) is 4.88 Å². The molecule has 0 saturated heterocycles. The van der Waals surface area contributed by atoms with Crippen LogP contribution in [0.2, 0.25) is 0 Å². The monoisotopic (exact) mass is 417 g/mol. The number of anilines is 1. The van der Waals surface area contributed by atoms with Crippen LogP contribution in [0.25, 0.3) is 10.4 Å². The van der Waals surface area contributed by atoms with Crippen LogP contribution in [-0.4, -0.2) is 15.5 Å². The van der Waals surface area contributed by atoms with Crippen molar-refractivity contribution in [1.82, 2.24) is 9.55 Å². The molecule has 0 spiro atoms. The van der Waals surface area contributed by atoms with Gasteiger partial charge in [-0.05, 0) is 42.5 Å². The van der Waals surface area contributed by atoms with Crippen molar-refractivity contribution in [2.45, 2.75) is 13.2 Å². The maximum absolute atomic E-state index is 12.8. The predicted octanol–water partition coefficient (Wildman–Crippen LogP) is 4.87. The maximum Gasteiger partial charge on any atom is 0.265 e. The van der Waals surface area contributed by atoms with E-state index < -0.39 is 0 Å². The number of hydrogen-bond acceptors (Lipinski definition) is 5. The minimum atomic E-state index is -0.131. The SMILES string of the molecule is Cn1ccnc1COc1ccc(NC(=O)c2cc3c(s2)-c2ccccc2OC3)cc1. The third kappa shape index (κ3) is 3.55. The van der Waals surface area contributed by atoms with Gasteiger partial charge in [-0.1, -0.05) is 12.1 Å². The molecule has 30 heavy (non-hydrogen) atoms. The number of carbonyl (C=O) groups excluding carboxylic acids is 1. The number of ether oxygens (including phenoxy) is 2. The standard InChI is InChI=1S/C23H19N3O3S/c1-26-11-10-24-21(26)14-28-17-8-6-16(7-9-17)25-23(27)20-12-15-13-29-19-5-3-2-4-18(19)22(15)30-20/h2-12H,13-14H2,1H3,(H,25,27). The van der Waals surface area contributed by atoms with E-state index in [0.29, 0.717) is 23.8 Å². The molecular formula is C23H19N3O3S. The maximum atomic E-state index is 12.8. The van der Waals surface area contributed by atoms with Crippen LogP contribution in [0.3, 0.4) is 0 Å². The first-order valence-corrected chi connectivity index (χ1v) is 10.3. The zero-order chi connectivity index (χ0) is 20.5. The van der Waals surface area contributed by atoms with E-state index in [9.17, 15) is 4.79 Å². The lowest BCUT2D eigenvalue weighted by Crippen LogP contribution is -2.10. The van der Waals surface area contributed by atoms with Crippen LogP contribution >= 0.6 is 11.3 Å². The lowest BCUT2D eigenvalue weighted by molar-refractivity contribution is 0.103. The highest BCUT2D eigenvalue weighted by molar-refractivity contribution is 7.17. The Labute approximate surface area is 177 Å². The molecule has 0 unspecified atom stereocenters. The minimum absolute atomic E-state index is 0.131. The minimum Gasteiger partial charge on any atom is -0.488 e. The summed E-state index contributed by atoms with van der Waals surface area (Å²) in [7, 11) is 1.93. The van der Waals surface area contributed by atoms with Crippen LogP contribution in [0.15, 0.2) is 67.0 Å². The Hall–Kier alpha value is -3.58. The Bertz CT molecular complexity index is 1210. The molecule has 3 heterocycles. The van der Waals surface area contributed by atoms with Crippen molar-refractivity contribution in [2.75, 3.05) is 5.32 Å². The molecule has 2 aromatic heterocycles. The molecule has 0 radical (unpaired) electrons. The first-order valence-electron chi connectivity index (χ1n) is 9.53. The fourth-order valence-corrected chi connectivity index (χ4v) is 4.41. The number of carbonyl (C=O) groups is 1. The van der Waals surface area contributed by atoms with Gasteiger partial charge < -0.3 is 19.4 Å². The van der Waals surface area contributed by atoms with Crippen LogP contribution < -0.4 is 14.8 Å². The van der Waals surface area contributed by atoms with Crippen LogP contribution in [0.4, 0.5) is 5.69 Å². The number of para-hydroxylation sites is 1. The number of thiophene rings is 1. The average molecular weight is 417 g/mol. The summed E-state index contributed by atoms with van der Waals surface area (Å²) in [5.74, 6) is 2.30. The van der Waals surface area contributed by atoms with Crippen LogP contribution in [0.1, 0.15) is 21.1 Å². The van der Waals surface area contributed by atoms with Crippen LogP contribution in [0.5, 0.6) is 11.5 Å². The quantitative estimate of drug-likeness (QED) is 0.503. The van der Waals surface area contributed by atoms with Crippen molar-refractivity contribution in [3.05, 3.63) is 83.3 Å². The Morgan fingerprint density at radius 2 is 2.07 bits per heavy atom. The van der Waals surface area contributed by atoms with Crippen molar-refractivity contribution in [3.8, 4) is 21.9 Å². The second kappa shape index (κ2) is 7.68. The van der Waals surface area contributed by atoms with E-state index in [-0.39, 0.29) is 5.91 Å². The fourth-order valence-electron chi connectivity index (χ4n) is 3.32. The Kier molecular flexibility index (Phi) is 4.72. The van der Waals surface area contributed by atoms with Gasteiger partial charge in [0.2, 0.25) is 0 Å². The molecule has 0 saturated carbocycles. The molecule has 0 atom stereocenters. The average Bonchev–Trinajstić information content (AvgIpc) is 3.39. The van der Waals surface area contributed by atoms with Crippen molar-refractivity contribution in [3.63, 3.8) is 0 Å². The molecule has 0 bridgehead atoms. The van der Waals surface area contributed by atoms with Gasteiger partial charge in [-0.15, -0.1) is 11.3 Å². The molecule has 1 N–H and O–H groups in total. The van der Waals surface area contributed by atoms with Crippen molar-refractivity contribution in [1.29, 1.82) is 0 Å². The van der Waals surface area contributed by atoms with E-state index in [1.54, 1.807) is 6.20 Å². The predicted molar refractivity (Wildman–Crippen MR) is 116 cm³/mol. The van der Waals surface area contributed by atoms with Gasteiger partial charge in [-0.25, -0.2) is 4.98 Å². The lowest BCUT2D eigenvalue weighted by Gasteiger charge is -2.16. The van der Waals surface area contributed by atoms with E-state index in [4.69, 9.17) is 9.47 Å². The van der Waals surface area contributed by atoms with Gasteiger partial charge in [0.25, 0.3) is 5.91 Å². The summed E-state index contributed by atoms with van der Waals surface area (Å²) >= 11 is 1.49. The number of imidazole rings is 1. The van der Waals surface area contributed by atoms with E-state index >= 15 is 0 Å². The molecule has 1 amide bonds. The summed E-state index contributed by atoms with van der Waals surface area (Å²) in [6, 6.07) is 17.2. The van der Waals surface area contributed by atoms with Gasteiger partial charge in [0, 0.05) is 41.1 Å². The van der Waals surface area contributed by atoms with E-state index in [0.717, 1.165) is 33.3 Å². The van der Waals surface area contributed by atoms with Crippen molar-refractivity contribution >= 4 is 22.9 Å². The summed E-state index contributed by atoms with van der Waals surface area (Å²) in [5.41, 5.74) is 2.80. The number of benzene rings is 2. The normalized spacial score (nSPS) is 11.9. The van der Waals surface area contributed by atoms with Gasteiger partial charge in [-0.3, -0.25) is 4.79 Å². The number of aromatic nitrogens is 2. The summed E-state index contributed by atoms with van der Waals surface area (Å²) in [6.45, 7) is 0.873. The largest absolute Gasteiger partial charge is 0.488 e. The first-order chi connectivity index (χ1) is 14.7. The van der Waals surface area contributed by atoms with Crippen molar-refractivity contribution in [2.24, 2.45) is 7.05 Å². The van der Waals surface area contributed by atoms with Gasteiger partial charge in [0.15, 0.2) is 0 Å². The molecule has 6 nitrogen and oxygen atoms in total. The summed E-state index contributed by atoms with van der Waals surface area (Å²) in [4.78, 5) is 18.8. The molecule has 1 aliphatic heterocycles. The summed E-state index contributed by atoms with van der Waals surface area (Å²) in [6.07, 6.45) is 3.62. The molecule has 0 aliphatic carbocycles. The summed E-state index contributed by atoms with van der Waals surface area (Å²) in [5, 5.41) is 2.96. The number of nitrogens with zero attached hydrogens (tertiary/aromatic N) is 2. The fraction of sp³-hybridized carbons (Fsp3) is 0.130. The Morgan fingerprint density at radius 3 is 2.87 bits per heavy atom. The smallest absolute Gasteiger partial charge is 0.265 e. The number of aryl methyl sites for hydroxylation is 1. The molecule has 150 valence electrons. The topological polar surface area (TPSA) is 65.4 Å². The molecule has 4 aromatic rings. The van der Waals surface area contributed by atoms with Gasteiger partial charge in [0.1, 0.15) is 30.5 Å². The van der Waals surface area contributed by atoms with E-state index in [1.807, 2.05) is 72.4 Å².